The molecule has 0 amide bonds. The van der Waals surface area contributed by atoms with Crippen LogP contribution in [0.3, 0.4) is 0 Å². The summed E-state index contributed by atoms with van der Waals surface area (Å²) in [5, 5.41) is 0. The standard InChI is InChI=1S/C17H25FN2/c1-5-12-20(13-6-2)16(7-3)17(4,19)14-10-8-9-11-15(14)18/h5-6,8-11,16H,1-2,7,12-13,19H2,3-4H3. The molecule has 2 N–H and O–H groups in total. The summed E-state index contributed by atoms with van der Waals surface area (Å²) in [5.74, 6) is -0.256. The maximum atomic E-state index is 14.1. The zero-order chi connectivity index (χ0) is 15.2. The Kier molecular flexibility index (Phi) is 6.11. The smallest absolute Gasteiger partial charge is 0.128 e. The van der Waals surface area contributed by atoms with E-state index in [0.717, 1.165) is 6.42 Å². The molecule has 110 valence electrons. The maximum Gasteiger partial charge on any atom is 0.128 e. The number of nitrogens with zero attached hydrogens (tertiary/aromatic N) is 1. The molecule has 0 aliphatic carbocycles. The van der Waals surface area contributed by atoms with E-state index >= 15 is 0 Å². The zero-order valence-electron chi connectivity index (χ0n) is 12.5. The third-order valence-corrected chi connectivity index (χ3v) is 3.70. The van der Waals surface area contributed by atoms with Crippen molar-refractivity contribution in [1.82, 2.24) is 4.90 Å². The SMILES string of the molecule is C=CCN(CC=C)C(CC)C(C)(N)c1ccccc1F. The highest BCUT2D eigenvalue weighted by Gasteiger charge is 2.36. The number of nitrogens with two attached hydrogens (primary N) is 1. The summed E-state index contributed by atoms with van der Waals surface area (Å²) in [6.45, 7) is 12.9. The molecule has 0 saturated carbocycles. The van der Waals surface area contributed by atoms with E-state index in [9.17, 15) is 4.39 Å². The first kappa shape index (κ1) is 16.6. The van der Waals surface area contributed by atoms with Crippen LogP contribution in [0.1, 0.15) is 25.8 Å². The summed E-state index contributed by atoms with van der Waals surface area (Å²) >= 11 is 0. The molecule has 0 bridgehead atoms. The van der Waals surface area contributed by atoms with E-state index in [1.54, 1.807) is 12.1 Å². The van der Waals surface area contributed by atoms with Gasteiger partial charge in [0.2, 0.25) is 0 Å². The Morgan fingerprint density at radius 1 is 1.30 bits per heavy atom. The molecular formula is C17H25FN2. The fraction of sp³-hybridized carbons (Fsp3) is 0.412. The average Bonchev–Trinajstić information content (AvgIpc) is 2.40. The zero-order valence-corrected chi connectivity index (χ0v) is 12.5. The van der Waals surface area contributed by atoms with Gasteiger partial charge in [0.1, 0.15) is 5.82 Å². The lowest BCUT2D eigenvalue weighted by Crippen LogP contribution is -2.54. The first-order valence-electron chi connectivity index (χ1n) is 6.98. The Labute approximate surface area is 121 Å². The molecule has 0 saturated heterocycles. The topological polar surface area (TPSA) is 29.3 Å². The number of hydrogen-bond donors (Lipinski definition) is 1. The van der Waals surface area contributed by atoms with Crippen molar-refractivity contribution >= 4 is 0 Å². The minimum Gasteiger partial charge on any atom is -0.320 e. The van der Waals surface area contributed by atoms with Gasteiger partial charge in [0.15, 0.2) is 0 Å². The minimum absolute atomic E-state index is 0.00963. The molecule has 0 heterocycles. The van der Waals surface area contributed by atoms with E-state index in [-0.39, 0.29) is 11.9 Å². The van der Waals surface area contributed by atoms with Crippen LogP contribution in [-0.2, 0) is 5.54 Å². The van der Waals surface area contributed by atoms with Gasteiger partial charge in [-0.15, -0.1) is 13.2 Å². The quantitative estimate of drug-likeness (QED) is 0.737. The second-order valence-electron chi connectivity index (χ2n) is 5.22. The van der Waals surface area contributed by atoms with E-state index in [4.69, 9.17) is 5.73 Å². The Morgan fingerprint density at radius 2 is 1.85 bits per heavy atom. The highest BCUT2D eigenvalue weighted by molar-refractivity contribution is 5.27. The van der Waals surface area contributed by atoms with Crippen molar-refractivity contribution in [2.75, 3.05) is 13.1 Å². The normalized spacial score (nSPS) is 15.7. The van der Waals surface area contributed by atoms with Crippen LogP contribution in [0.2, 0.25) is 0 Å². The van der Waals surface area contributed by atoms with Crippen molar-refractivity contribution in [3.05, 3.63) is 61.0 Å². The van der Waals surface area contributed by atoms with Crippen molar-refractivity contribution in [1.29, 1.82) is 0 Å². The predicted octanol–water partition coefficient (Wildman–Crippen LogP) is 3.45. The van der Waals surface area contributed by atoms with Crippen LogP contribution in [-0.4, -0.2) is 24.0 Å². The van der Waals surface area contributed by atoms with Crippen LogP contribution in [0.4, 0.5) is 4.39 Å². The molecule has 0 aromatic heterocycles. The summed E-state index contributed by atoms with van der Waals surface area (Å²) < 4.78 is 14.1. The Balaban J connectivity index is 3.16. The van der Waals surface area contributed by atoms with E-state index in [1.807, 2.05) is 25.1 Å². The maximum absolute atomic E-state index is 14.1. The van der Waals surface area contributed by atoms with Gasteiger partial charge >= 0.3 is 0 Å². The molecule has 0 aliphatic rings. The Morgan fingerprint density at radius 3 is 2.30 bits per heavy atom. The number of halogens is 1. The van der Waals surface area contributed by atoms with Crippen LogP contribution in [0.5, 0.6) is 0 Å². The number of hydrogen-bond acceptors (Lipinski definition) is 2. The van der Waals surface area contributed by atoms with Crippen molar-refractivity contribution in [2.24, 2.45) is 5.73 Å². The molecule has 2 atom stereocenters. The first-order valence-corrected chi connectivity index (χ1v) is 6.98. The van der Waals surface area contributed by atoms with E-state index in [2.05, 4.69) is 25.0 Å². The van der Waals surface area contributed by atoms with Gasteiger partial charge in [0.25, 0.3) is 0 Å². The fourth-order valence-corrected chi connectivity index (χ4v) is 2.80. The van der Waals surface area contributed by atoms with Crippen LogP contribution in [0, 0.1) is 5.82 Å². The van der Waals surface area contributed by atoms with Crippen LogP contribution in [0.15, 0.2) is 49.6 Å². The lowest BCUT2D eigenvalue weighted by Gasteiger charge is -2.41. The van der Waals surface area contributed by atoms with Gasteiger partial charge in [-0.25, -0.2) is 4.39 Å². The lowest BCUT2D eigenvalue weighted by atomic mass is 9.82. The first-order chi connectivity index (χ1) is 9.48. The molecule has 0 radical (unpaired) electrons. The molecule has 1 aromatic rings. The summed E-state index contributed by atoms with van der Waals surface area (Å²) in [7, 11) is 0. The van der Waals surface area contributed by atoms with Crippen molar-refractivity contribution in [3.8, 4) is 0 Å². The van der Waals surface area contributed by atoms with Crippen LogP contribution in [0.25, 0.3) is 0 Å². The molecule has 2 nitrogen and oxygen atoms in total. The molecule has 2 unspecified atom stereocenters. The van der Waals surface area contributed by atoms with E-state index in [1.165, 1.54) is 6.07 Å². The minimum atomic E-state index is -0.772. The third-order valence-electron chi connectivity index (χ3n) is 3.70. The largest absolute Gasteiger partial charge is 0.320 e. The molecule has 1 rings (SSSR count). The van der Waals surface area contributed by atoms with Crippen LogP contribution < -0.4 is 5.73 Å². The lowest BCUT2D eigenvalue weighted by molar-refractivity contribution is 0.147. The predicted molar refractivity (Wildman–Crippen MR) is 84.0 cm³/mol. The molecule has 0 aliphatic heterocycles. The second-order valence-corrected chi connectivity index (χ2v) is 5.22. The highest BCUT2D eigenvalue weighted by atomic mass is 19.1. The van der Waals surface area contributed by atoms with Crippen molar-refractivity contribution in [2.45, 2.75) is 31.8 Å². The van der Waals surface area contributed by atoms with Crippen LogP contribution >= 0.6 is 0 Å². The van der Waals surface area contributed by atoms with Gasteiger partial charge in [0.05, 0.1) is 5.54 Å². The molecular weight excluding hydrogens is 251 g/mol. The van der Waals surface area contributed by atoms with Gasteiger partial charge < -0.3 is 5.73 Å². The number of rotatable bonds is 8. The van der Waals surface area contributed by atoms with Crippen molar-refractivity contribution < 1.29 is 4.39 Å². The highest BCUT2D eigenvalue weighted by Crippen LogP contribution is 2.29. The Hall–Kier alpha value is -1.45. The van der Waals surface area contributed by atoms with Gasteiger partial charge in [-0.05, 0) is 19.4 Å². The fourth-order valence-electron chi connectivity index (χ4n) is 2.80. The number of benzene rings is 1. The summed E-state index contributed by atoms with van der Waals surface area (Å²) in [6.07, 6.45) is 4.50. The molecule has 1 aromatic carbocycles. The van der Waals surface area contributed by atoms with E-state index < -0.39 is 5.54 Å². The molecule has 3 heteroatoms. The molecule has 0 fully saturated rings. The Bertz CT molecular complexity index is 444. The third kappa shape index (κ3) is 3.56. The van der Waals surface area contributed by atoms with Gasteiger partial charge in [0, 0.05) is 24.7 Å². The summed E-state index contributed by atoms with van der Waals surface area (Å²) in [4.78, 5) is 2.17. The van der Waals surface area contributed by atoms with Gasteiger partial charge in [-0.2, -0.15) is 0 Å². The van der Waals surface area contributed by atoms with Gasteiger partial charge in [-0.3, -0.25) is 4.90 Å². The molecule has 0 spiro atoms. The monoisotopic (exact) mass is 276 g/mol. The van der Waals surface area contributed by atoms with Crippen molar-refractivity contribution in [3.63, 3.8) is 0 Å². The average molecular weight is 276 g/mol. The van der Waals surface area contributed by atoms with Gasteiger partial charge in [-0.1, -0.05) is 37.3 Å². The molecule has 20 heavy (non-hydrogen) atoms. The van der Waals surface area contributed by atoms with E-state index in [0.29, 0.717) is 18.7 Å². The summed E-state index contributed by atoms with van der Waals surface area (Å²) in [5.41, 5.74) is 6.28. The second kappa shape index (κ2) is 7.36. The summed E-state index contributed by atoms with van der Waals surface area (Å²) in [6, 6.07) is 6.73.